The van der Waals surface area contributed by atoms with Crippen molar-refractivity contribution in [2.45, 2.75) is 239 Å². The van der Waals surface area contributed by atoms with Gasteiger partial charge in [0.2, 0.25) is 0 Å². The topological polar surface area (TPSA) is 78.9 Å². The quantitative estimate of drug-likeness (QED) is 0.0261. The Labute approximate surface area is 442 Å². The van der Waals surface area contributed by atoms with Crippen LogP contribution < -0.4 is 0 Å². The van der Waals surface area contributed by atoms with Crippen molar-refractivity contribution >= 4 is 17.9 Å². The zero-order valence-corrected chi connectivity index (χ0v) is 46.1. The Morgan fingerprint density at radius 3 is 0.903 bits per heavy atom. The molecule has 0 rings (SSSR count). The first-order chi connectivity index (χ1) is 35.5. The summed E-state index contributed by atoms with van der Waals surface area (Å²) in [5.74, 6) is -1.02. The van der Waals surface area contributed by atoms with Crippen LogP contribution in [0.5, 0.6) is 0 Å². The maximum Gasteiger partial charge on any atom is 0.306 e. The van der Waals surface area contributed by atoms with Crippen molar-refractivity contribution in [2.75, 3.05) is 13.2 Å². The molecule has 0 aromatic rings. The second-order valence-electron chi connectivity index (χ2n) is 18.4. The van der Waals surface area contributed by atoms with Gasteiger partial charge in [-0.2, -0.15) is 0 Å². The summed E-state index contributed by atoms with van der Waals surface area (Å²) in [6, 6.07) is 0. The molecule has 6 heteroatoms. The van der Waals surface area contributed by atoms with E-state index in [9.17, 15) is 14.4 Å². The van der Waals surface area contributed by atoms with Crippen molar-refractivity contribution in [3.8, 4) is 0 Å². The second kappa shape index (κ2) is 58.9. The van der Waals surface area contributed by atoms with Gasteiger partial charge in [-0.1, -0.05) is 250 Å². The third kappa shape index (κ3) is 56.2. The highest BCUT2D eigenvalue weighted by Gasteiger charge is 2.19. The van der Waals surface area contributed by atoms with Crippen molar-refractivity contribution in [3.63, 3.8) is 0 Å². The molecule has 0 saturated heterocycles. The monoisotopic (exact) mass is 993 g/mol. The lowest BCUT2D eigenvalue weighted by atomic mass is 10.1. The SMILES string of the molecule is CC/C=C\C/C=C\C/C=C\C/C=C\C/C=C\C/C=C\C/C=C\C/C=C\CCCCCCCCCCCCC(=O)OCC(COC(=O)CCCCCCCC)OC(=O)CC/C=C\C/C=C\C/C=C\C/C=C\CC. The maximum absolute atomic E-state index is 12.7. The minimum absolute atomic E-state index is 0.111. The van der Waals surface area contributed by atoms with E-state index in [2.05, 4.69) is 154 Å². The van der Waals surface area contributed by atoms with Crippen LogP contribution in [0.15, 0.2) is 146 Å². The molecule has 0 aliphatic heterocycles. The minimum atomic E-state index is -0.818. The lowest BCUT2D eigenvalue weighted by Crippen LogP contribution is -2.30. The molecule has 0 bridgehead atoms. The molecule has 0 aliphatic rings. The summed E-state index contributed by atoms with van der Waals surface area (Å²) in [4.78, 5) is 37.7. The summed E-state index contributed by atoms with van der Waals surface area (Å²) in [6.45, 7) is 6.26. The minimum Gasteiger partial charge on any atom is -0.462 e. The molecular formula is C66H104O6. The molecule has 6 nitrogen and oxygen atoms in total. The van der Waals surface area contributed by atoms with Crippen LogP contribution in [-0.2, 0) is 28.6 Å². The first-order valence-electron chi connectivity index (χ1n) is 28.8. The summed E-state index contributed by atoms with van der Waals surface area (Å²) < 4.78 is 16.6. The third-order valence-corrected chi connectivity index (χ3v) is 11.6. The maximum atomic E-state index is 12.7. The Bertz CT molecular complexity index is 1610. The van der Waals surface area contributed by atoms with Crippen molar-refractivity contribution in [1.29, 1.82) is 0 Å². The molecule has 0 spiro atoms. The van der Waals surface area contributed by atoms with Crippen LogP contribution in [0.3, 0.4) is 0 Å². The summed E-state index contributed by atoms with van der Waals surface area (Å²) in [7, 11) is 0. The van der Waals surface area contributed by atoms with Crippen LogP contribution in [0.1, 0.15) is 233 Å². The van der Waals surface area contributed by atoms with Gasteiger partial charge >= 0.3 is 17.9 Å². The number of hydrogen-bond donors (Lipinski definition) is 0. The number of ether oxygens (including phenoxy) is 3. The lowest BCUT2D eigenvalue weighted by Gasteiger charge is -2.18. The largest absolute Gasteiger partial charge is 0.462 e. The van der Waals surface area contributed by atoms with E-state index >= 15 is 0 Å². The molecule has 0 N–H and O–H groups in total. The smallest absolute Gasteiger partial charge is 0.306 e. The summed E-state index contributed by atoms with van der Waals surface area (Å²) in [5.41, 5.74) is 0. The third-order valence-electron chi connectivity index (χ3n) is 11.6. The zero-order valence-electron chi connectivity index (χ0n) is 46.1. The fourth-order valence-corrected chi connectivity index (χ4v) is 7.35. The van der Waals surface area contributed by atoms with Crippen LogP contribution in [0.2, 0.25) is 0 Å². The molecule has 0 fully saturated rings. The molecule has 404 valence electrons. The molecule has 1 atom stereocenters. The number of carbonyl (C=O) groups is 3. The van der Waals surface area contributed by atoms with E-state index in [1.54, 1.807) is 0 Å². The number of esters is 3. The predicted molar refractivity (Wildman–Crippen MR) is 311 cm³/mol. The van der Waals surface area contributed by atoms with Gasteiger partial charge in [-0.15, -0.1) is 0 Å². The van der Waals surface area contributed by atoms with E-state index in [0.717, 1.165) is 122 Å². The van der Waals surface area contributed by atoms with Crippen LogP contribution in [0.25, 0.3) is 0 Å². The van der Waals surface area contributed by atoms with Gasteiger partial charge in [0.05, 0.1) is 0 Å². The molecule has 0 aromatic carbocycles. The van der Waals surface area contributed by atoms with Crippen molar-refractivity contribution in [3.05, 3.63) is 146 Å². The molecule has 0 aliphatic carbocycles. The molecule has 1 unspecified atom stereocenters. The average Bonchev–Trinajstić information content (AvgIpc) is 3.38. The zero-order chi connectivity index (χ0) is 52.2. The van der Waals surface area contributed by atoms with E-state index in [1.165, 1.54) is 64.2 Å². The van der Waals surface area contributed by atoms with Gasteiger partial charge < -0.3 is 14.2 Å². The Morgan fingerprint density at radius 1 is 0.292 bits per heavy atom. The molecule has 0 aromatic heterocycles. The van der Waals surface area contributed by atoms with Gasteiger partial charge in [-0.05, 0) is 109 Å². The lowest BCUT2D eigenvalue weighted by molar-refractivity contribution is -0.166. The fourth-order valence-electron chi connectivity index (χ4n) is 7.35. The van der Waals surface area contributed by atoms with Crippen molar-refractivity contribution in [2.24, 2.45) is 0 Å². The Kier molecular flexibility index (Phi) is 55.0. The van der Waals surface area contributed by atoms with Gasteiger partial charge in [-0.25, -0.2) is 0 Å². The molecular weight excluding hydrogens is 889 g/mol. The van der Waals surface area contributed by atoms with Gasteiger partial charge in [0.25, 0.3) is 0 Å². The van der Waals surface area contributed by atoms with Gasteiger partial charge in [-0.3, -0.25) is 14.4 Å². The number of carbonyl (C=O) groups excluding carboxylic acids is 3. The Hall–Kier alpha value is -4.71. The highest BCUT2D eigenvalue weighted by atomic mass is 16.6. The summed E-state index contributed by atoms with van der Waals surface area (Å²) >= 11 is 0. The fraction of sp³-hybridized carbons (Fsp3) is 0.591. The van der Waals surface area contributed by atoms with E-state index in [4.69, 9.17) is 14.2 Å². The highest BCUT2D eigenvalue weighted by Crippen LogP contribution is 2.14. The highest BCUT2D eigenvalue weighted by molar-refractivity contribution is 5.71. The first-order valence-corrected chi connectivity index (χ1v) is 28.8. The normalized spacial score (nSPS) is 13.2. The van der Waals surface area contributed by atoms with E-state index in [0.29, 0.717) is 19.3 Å². The standard InChI is InChI=1S/C66H104O6/c1-4-7-10-13-16-18-20-22-23-24-25-26-27-28-29-30-31-32-33-34-35-36-37-38-39-40-41-42-43-45-46-48-50-53-56-59-65(68)71-62-63(61-70-64(67)58-55-52-15-12-9-6-3)72-66(69)60-57-54-51-49-47-44-21-19-17-14-11-8-5-2/h7-8,10-11,16-19,22-23,25-26,28-29,31-32,34-35,37-38,44,47,51,54,63H,4-6,9,12-15,20-21,24,27,30,33,36,39-43,45-46,48-50,52-53,55-62H2,1-3H3/b10-7-,11-8-,18-16-,19-17-,23-22-,26-25-,29-28-,32-31-,35-34-,38-37-,47-44-,54-51-. The Balaban J connectivity index is 4.10. The number of allylic oxidation sites excluding steroid dienone is 24. The summed E-state index contributed by atoms with van der Waals surface area (Å²) in [5, 5.41) is 0. The van der Waals surface area contributed by atoms with Crippen LogP contribution in [0.4, 0.5) is 0 Å². The number of unbranched alkanes of at least 4 members (excludes halogenated alkanes) is 15. The van der Waals surface area contributed by atoms with E-state index in [-0.39, 0.29) is 31.6 Å². The van der Waals surface area contributed by atoms with Crippen LogP contribution in [-0.4, -0.2) is 37.2 Å². The molecule has 0 saturated carbocycles. The van der Waals surface area contributed by atoms with E-state index < -0.39 is 12.1 Å². The Morgan fingerprint density at radius 2 is 0.569 bits per heavy atom. The molecule has 0 amide bonds. The second-order valence-corrected chi connectivity index (χ2v) is 18.4. The average molecular weight is 994 g/mol. The number of rotatable bonds is 50. The molecule has 72 heavy (non-hydrogen) atoms. The molecule has 0 heterocycles. The van der Waals surface area contributed by atoms with Gasteiger partial charge in [0.15, 0.2) is 6.10 Å². The van der Waals surface area contributed by atoms with Crippen molar-refractivity contribution in [1.82, 2.24) is 0 Å². The van der Waals surface area contributed by atoms with Crippen molar-refractivity contribution < 1.29 is 28.6 Å². The summed E-state index contributed by atoms with van der Waals surface area (Å²) in [6.07, 6.45) is 84.7. The number of hydrogen-bond acceptors (Lipinski definition) is 6. The predicted octanol–water partition coefficient (Wildman–Crippen LogP) is 19.6. The van der Waals surface area contributed by atoms with E-state index in [1.807, 2.05) is 12.2 Å². The molecule has 0 radical (unpaired) electrons. The first kappa shape index (κ1) is 67.3. The van der Waals surface area contributed by atoms with Crippen LogP contribution in [0, 0.1) is 0 Å². The van der Waals surface area contributed by atoms with Gasteiger partial charge in [0, 0.05) is 19.3 Å². The van der Waals surface area contributed by atoms with Gasteiger partial charge in [0.1, 0.15) is 13.2 Å². The van der Waals surface area contributed by atoms with Crippen LogP contribution >= 0.6 is 0 Å².